The van der Waals surface area contributed by atoms with E-state index in [0.717, 1.165) is 38.9 Å². The van der Waals surface area contributed by atoms with Gasteiger partial charge in [-0.05, 0) is 25.2 Å². The molecule has 1 atom stereocenters. The zero-order chi connectivity index (χ0) is 14.7. The van der Waals surface area contributed by atoms with Gasteiger partial charge in [0.15, 0.2) is 0 Å². The first-order valence-corrected chi connectivity index (χ1v) is 8.20. The molecule has 1 unspecified atom stereocenters. The number of nitrogens with zero attached hydrogens (tertiary/aromatic N) is 4. The zero-order valence-electron chi connectivity index (χ0n) is 11.8. The maximum Gasteiger partial charge on any atom is 0.323 e. The second-order valence-corrected chi connectivity index (χ2v) is 6.40. The third kappa shape index (κ3) is 3.49. The SMILES string of the molecule is O=C1CCCN1CC1CCCN(C(=O)Nc2nncs2)C1. The predicted octanol–water partition coefficient (Wildman–Crippen LogP) is 1.40. The highest BCUT2D eigenvalue weighted by atomic mass is 32.1. The van der Waals surface area contributed by atoms with Crippen molar-refractivity contribution in [3.05, 3.63) is 5.51 Å². The lowest BCUT2D eigenvalue weighted by atomic mass is 9.98. The third-order valence-electron chi connectivity index (χ3n) is 4.03. The number of amides is 3. The van der Waals surface area contributed by atoms with Gasteiger partial charge in [0.05, 0.1) is 0 Å². The van der Waals surface area contributed by atoms with Gasteiger partial charge in [-0.1, -0.05) is 11.3 Å². The van der Waals surface area contributed by atoms with Crippen LogP contribution in [0.1, 0.15) is 25.7 Å². The molecule has 3 rings (SSSR count). The molecule has 0 bridgehead atoms. The first-order valence-electron chi connectivity index (χ1n) is 7.32. The van der Waals surface area contributed by atoms with Crippen LogP contribution in [0.3, 0.4) is 0 Å². The maximum absolute atomic E-state index is 12.2. The molecular weight excluding hydrogens is 290 g/mol. The van der Waals surface area contributed by atoms with Crippen molar-refractivity contribution in [2.75, 3.05) is 31.5 Å². The fourth-order valence-electron chi connectivity index (χ4n) is 3.01. The van der Waals surface area contributed by atoms with Crippen molar-refractivity contribution in [3.8, 4) is 0 Å². The quantitative estimate of drug-likeness (QED) is 0.915. The van der Waals surface area contributed by atoms with Crippen LogP contribution in [-0.4, -0.2) is 58.1 Å². The molecule has 1 N–H and O–H groups in total. The van der Waals surface area contributed by atoms with E-state index in [1.165, 1.54) is 11.3 Å². The van der Waals surface area contributed by atoms with Gasteiger partial charge in [-0.25, -0.2) is 4.79 Å². The molecule has 2 saturated heterocycles. The van der Waals surface area contributed by atoms with Crippen molar-refractivity contribution in [2.45, 2.75) is 25.7 Å². The Bertz CT molecular complexity index is 507. The van der Waals surface area contributed by atoms with Crippen LogP contribution in [0.25, 0.3) is 0 Å². The number of anilines is 1. The lowest BCUT2D eigenvalue weighted by Crippen LogP contribution is -2.45. The van der Waals surface area contributed by atoms with Gasteiger partial charge < -0.3 is 9.80 Å². The topological polar surface area (TPSA) is 78.4 Å². The molecule has 3 heterocycles. The summed E-state index contributed by atoms with van der Waals surface area (Å²) in [5.41, 5.74) is 1.59. The largest absolute Gasteiger partial charge is 0.342 e. The first kappa shape index (κ1) is 14.2. The van der Waals surface area contributed by atoms with Crippen molar-refractivity contribution in [1.29, 1.82) is 0 Å². The van der Waals surface area contributed by atoms with Crippen molar-refractivity contribution in [3.63, 3.8) is 0 Å². The first-order chi connectivity index (χ1) is 10.2. The second kappa shape index (κ2) is 6.38. The Labute approximate surface area is 127 Å². The van der Waals surface area contributed by atoms with Gasteiger partial charge in [0.1, 0.15) is 5.51 Å². The van der Waals surface area contributed by atoms with Crippen LogP contribution in [0.4, 0.5) is 9.93 Å². The summed E-state index contributed by atoms with van der Waals surface area (Å²) in [6, 6.07) is -0.121. The highest BCUT2D eigenvalue weighted by Gasteiger charge is 2.28. The maximum atomic E-state index is 12.2. The van der Waals surface area contributed by atoms with E-state index < -0.39 is 0 Å². The van der Waals surface area contributed by atoms with E-state index in [2.05, 4.69) is 15.5 Å². The predicted molar refractivity (Wildman–Crippen MR) is 79.0 cm³/mol. The minimum Gasteiger partial charge on any atom is -0.342 e. The summed E-state index contributed by atoms with van der Waals surface area (Å²) in [6.07, 6.45) is 3.70. The Morgan fingerprint density at radius 2 is 2.33 bits per heavy atom. The average molecular weight is 309 g/mol. The molecule has 1 aromatic heterocycles. The Morgan fingerprint density at radius 1 is 1.43 bits per heavy atom. The molecule has 0 aliphatic carbocycles. The van der Waals surface area contributed by atoms with Crippen molar-refractivity contribution >= 4 is 28.4 Å². The van der Waals surface area contributed by atoms with E-state index in [1.807, 2.05) is 9.80 Å². The van der Waals surface area contributed by atoms with Crippen molar-refractivity contribution < 1.29 is 9.59 Å². The summed E-state index contributed by atoms with van der Waals surface area (Å²) in [5.74, 6) is 0.631. The van der Waals surface area contributed by atoms with Gasteiger partial charge in [0.2, 0.25) is 11.0 Å². The van der Waals surface area contributed by atoms with Crippen LogP contribution >= 0.6 is 11.3 Å². The lowest BCUT2D eigenvalue weighted by Gasteiger charge is -2.34. The number of hydrogen-bond donors (Lipinski definition) is 1. The number of urea groups is 1. The summed E-state index contributed by atoms with van der Waals surface area (Å²) < 4.78 is 0. The monoisotopic (exact) mass is 309 g/mol. The molecule has 0 aromatic carbocycles. The number of hydrogen-bond acceptors (Lipinski definition) is 5. The van der Waals surface area contributed by atoms with Crippen LogP contribution in [0, 0.1) is 5.92 Å². The van der Waals surface area contributed by atoms with Crippen LogP contribution in [0.15, 0.2) is 5.51 Å². The van der Waals surface area contributed by atoms with Crippen LogP contribution in [-0.2, 0) is 4.79 Å². The van der Waals surface area contributed by atoms with Crippen LogP contribution in [0.2, 0.25) is 0 Å². The third-order valence-corrected chi connectivity index (χ3v) is 4.64. The van der Waals surface area contributed by atoms with Gasteiger partial charge in [0, 0.05) is 32.6 Å². The van der Waals surface area contributed by atoms with E-state index >= 15 is 0 Å². The standard InChI is InChI=1S/C13H19N5O2S/c19-11-4-2-5-17(11)7-10-3-1-6-18(8-10)13(20)15-12-16-14-9-21-12/h9-10H,1-8H2,(H,15,16,20). The molecule has 21 heavy (non-hydrogen) atoms. The smallest absolute Gasteiger partial charge is 0.323 e. The number of aromatic nitrogens is 2. The number of rotatable bonds is 3. The van der Waals surface area contributed by atoms with Gasteiger partial charge in [-0.2, -0.15) is 0 Å². The summed E-state index contributed by atoms with van der Waals surface area (Å²) in [6.45, 7) is 3.11. The van der Waals surface area contributed by atoms with Gasteiger partial charge in [-0.15, -0.1) is 10.2 Å². The number of likely N-dealkylation sites (tertiary alicyclic amines) is 2. The minimum atomic E-state index is -0.121. The number of carbonyl (C=O) groups is 2. The summed E-state index contributed by atoms with van der Waals surface area (Å²) in [7, 11) is 0. The molecule has 3 amide bonds. The minimum absolute atomic E-state index is 0.121. The summed E-state index contributed by atoms with van der Waals surface area (Å²) >= 11 is 1.31. The Morgan fingerprint density at radius 3 is 3.05 bits per heavy atom. The lowest BCUT2D eigenvalue weighted by molar-refractivity contribution is -0.128. The molecule has 0 spiro atoms. The fourth-order valence-corrected chi connectivity index (χ4v) is 3.44. The molecule has 0 radical (unpaired) electrons. The van der Waals surface area contributed by atoms with Crippen LogP contribution < -0.4 is 5.32 Å². The summed E-state index contributed by atoms with van der Waals surface area (Å²) in [4.78, 5) is 27.6. The van der Waals surface area contributed by atoms with E-state index in [-0.39, 0.29) is 11.9 Å². The number of carbonyl (C=O) groups excluding carboxylic acids is 2. The zero-order valence-corrected chi connectivity index (χ0v) is 12.6. The molecule has 1 aromatic rings. The molecule has 2 aliphatic heterocycles. The van der Waals surface area contributed by atoms with E-state index in [1.54, 1.807) is 5.51 Å². The Hall–Kier alpha value is -1.70. The van der Waals surface area contributed by atoms with E-state index in [9.17, 15) is 9.59 Å². The second-order valence-electron chi connectivity index (χ2n) is 5.57. The average Bonchev–Trinajstić information content (AvgIpc) is 3.12. The number of nitrogens with one attached hydrogen (secondary N) is 1. The highest BCUT2D eigenvalue weighted by molar-refractivity contribution is 7.13. The molecule has 2 aliphatic rings. The van der Waals surface area contributed by atoms with Crippen molar-refractivity contribution in [2.24, 2.45) is 5.92 Å². The number of piperidine rings is 1. The molecule has 2 fully saturated rings. The molecule has 7 nitrogen and oxygen atoms in total. The van der Waals surface area contributed by atoms with Gasteiger partial charge >= 0.3 is 6.03 Å². The van der Waals surface area contributed by atoms with E-state index in [4.69, 9.17) is 0 Å². The van der Waals surface area contributed by atoms with Gasteiger partial charge in [-0.3, -0.25) is 10.1 Å². The van der Waals surface area contributed by atoms with Gasteiger partial charge in [0.25, 0.3) is 0 Å². The van der Waals surface area contributed by atoms with Crippen molar-refractivity contribution in [1.82, 2.24) is 20.0 Å². The Kier molecular flexibility index (Phi) is 4.33. The highest BCUT2D eigenvalue weighted by Crippen LogP contribution is 2.21. The molecular formula is C13H19N5O2S. The van der Waals surface area contributed by atoms with E-state index in [0.29, 0.717) is 24.0 Å². The fraction of sp³-hybridized carbons (Fsp3) is 0.692. The normalized spacial score (nSPS) is 22.7. The summed E-state index contributed by atoms with van der Waals surface area (Å²) in [5, 5.41) is 10.8. The molecule has 8 heteroatoms. The molecule has 114 valence electrons. The Balaban J connectivity index is 1.52. The molecule has 0 saturated carbocycles. The van der Waals surface area contributed by atoms with Crippen LogP contribution in [0.5, 0.6) is 0 Å².